The summed E-state index contributed by atoms with van der Waals surface area (Å²) >= 11 is 0. The maximum atomic E-state index is 5.31. The summed E-state index contributed by atoms with van der Waals surface area (Å²) in [6.45, 7) is 5.01. The summed E-state index contributed by atoms with van der Waals surface area (Å²) in [6, 6.07) is 55.9. The van der Waals surface area contributed by atoms with Crippen LogP contribution in [-0.4, -0.2) is 0 Å². The summed E-state index contributed by atoms with van der Waals surface area (Å²) in [4.78, 5) is 0. The van der Waals surface area contributed by atoms with E-state index in [1.54, 1.807) is 0 Å². The second-order valence-electron chi connectivity index (χ2n) is 12.5. The van der Waals surface area contributed by atoms with Gasteiger partial charge in [0.15, 0.2) is 0 Å². The number of hydrogen-bond acceptors (Lipinski definition) is 3. The van der Waals surface area contributed by atoms with E-state index in [1.807, 2.05) is 18.2 Å². The number of aryl methyl sites for hydroxylation is 2. The van der Waals surface area contributed by atoms with E-state index in [0.717, 1.165) is 12.8 Å². The molecule has 3 heteroatoms. The van der Waals surface area contributed by atoms with Gasteiger partial charge in [-0.2, -0.15) is 0 Å². The lowest BCUT2D eigenvalue weighted by atomic mass is 9.91. The minimum Gasteiger partial charge on any atom is -0.344 e. The smallest absolute Gasteiger partial charge is 0.0348 e. The van der Waals surface area contributed by atoms with E-state index in [0.29, 0.717) is 6.54 Å². The van der Waals surface area contributed by atoms with Crippen LogP contribution in [0.1, 0.15) is 35.1 Å². The van der Waals surface area contributed by atoms with Gasteiger partial charge in [0, 0.05) is 6.54 Å². The molecular formula is C47H47N3. The van der Waals surface area contributed by atoms with Gasteiger partial charge < -0.3 is 6.15 Å². The molecule has 0 spiro atoms. The highest BCUT2D eigenvalue weighted by molar-refractivity contribution is 5.99. The molecule has 3 nitrogen and oxygen atoms in total. The van der Waals surface area contributed by atoms with E-state index < -0.39 is 0 Å². The average Bonchev–Trinajstić information content (AvgIpc) is 3.16. The third kappa shape index (κ3) is 8.90. The highest BCUT2D eigenvalue weighted by Gasteiger charge is 2.09. The first-order valence-corrected chi connectivity index (χ1v) is 17.1. The zero-order valence-corrected chi connectivity index (χ0v) is 29.1. The molecule has 1 aliphatic carbocycles. The van der Waals surface area contributed by atoms with Gasteiger partial charge in [-0.25, -0.2) is 0 Å². The van der Waals surface area contributed by atoms with Crippen LogP contribution >= 0.6 is 0 Å². The molecule has 0 aliphatic heterocycles. The number of hydrazine groups is 1. The number of fused-ring (bicyclic) bond motifs is 2. The normalized spacial score (nSPS) is 11.8. The number of benzene rings is 7. The molecule has 0 unspecified atom stereocenters. The van der Waals surface area contributed by atoms with Gasteiger partial charge in [-0.15, -0.1) is 0 Å². The summed E-state index contributed by atoms with van der Waals surface area (Å²) in [7, 11) is 0. The molecule has 0 atom stereocenters. The van der Waals surface area contributed by atoms with E-state index in [9.17, 15) is 0 Å². The van der Waals surface area contributed by atoms with Gasteiger partial charge in [0.2, 0.25) is 0 Å². The predicted molar refractivity (Wildman–Crippen MR) is 217 cm³/mol. The zero-order chi connectivity index (χ0) is 33.8. The summed E-state index contributed by atoms with van der Waals surface area (Å²) in [5.74, 6) is 5.31. The van der Waals surface area contributed by atoms with Gasteiger partial charge in [0.1, 0.15) is 0 Å². The molecule has 250 valence electrons. The van der Waals surface area contributed by atoms with Crippen LogP contribution in [0.3, 0.4) is 0 Å². The summed E-state index contributed by atoms with van der Waals surface area (Å²) < 4.78 is 0. The van der Waals surface area contributed by atoms with Crippen LogP contribution in [-0.2, 0) is 6.54 Å². The lowest BCUT2D eigenvalue weighted by molar-refractivity contribution is 0.741. The van der Waals surface area contributed by atoms with Gasteiger partial charge in [0.05, 0.1) is 0 Å². The van der Waals surface area contributed by atoms with Crippen LogP contribution in [0.2, 0.25) is 0 Å². The number of rotatable bonds is 5. The monoisotopic (exact) mass is 653 g/mol. The second-order valence-corrected chi connectivity index (χ2v) is 12.5. The predicted octanol–water partition coefficient (Wildman–Crippen LogP) is 12.2. The zero-order valence-electron chi connectivity index (χ0n) is 29.1. The molecule has 0 saturated carbocycles. The fraction of sp³-hybridized carbons (Fsp3) is 0.106. The Balaban J connectivity index is 0.000000177. The first-order valence-electron chi connectivity index (χ1n) is 17.1. The molecule has 0 bridgehead atoms. The molecule has 7 aromatic carbocycles. The molecule has 1 aliphatic rings. The Morgan fingerprint density at radius 2 is 1.16 bits per heavy atom. The molecule has 0 fully saturated rings. The molecule has 8 rings (SSSR count). The van der Waals surface area contributed by atoms with Crippen LogP contribution in [0.15, 0.2) is 176 Å². The summed E-state index contributed by atoms with van der Waals surface area (Å²) in [5.41, 5.74) is 14.3. The van der Waals surface area contributed by atoms with Gasteiger partial charge in [0.25, 0.3) is 0 Å². The highest BCUT2D eigenvalue weighted by Crippen LogP contribution is 2.35. The molecule has 0 aromatic heterocycles. The van der Waals surface area contributed by atoms with Gasteiger partial charge >= 0.3 is 0 Å². The largest absolute Gasteiger partial charge is 0.344 e. The number of allylic oxidation sites excluding steroid dienone is 4. The third-order valence-electron chi connectivity index (χ3n) is 8.91. The van der Waals surface area contributed by atoms with Gasteiger partial charge in [-0.3, -0.25) is 11.3 Å². The first-order chi connectivity index (χ1) is 24.1. The molecule has 6 N–H and O–H groups in total. The van der Waals surface area contributed by atoms with Crippen LogP contribution in [0.5, 0.6) is 0 Å². The molecule has 0 amide bonds. The molecule has 0 heterocycles. The van der Waals surface area contributed by atoms with Crippen molar-refractivity contribution in [2.45, 2.75) is 33.2 Å². The van der Waals surface area contributed by atoms with Crippen molar-refractivity contribution in [3.63, 3.8) is 0 Å². The van der Waals surface area contributed by atoms with Crippen molar-refractivity contribution in [2.24, 2.45) is 5.84 Å². The summed E-state index contributed by atoms with van der Waals surface area (Å²) in [5, 5.41) is 5.18. The standard InChI is InChI=1S/C27H20.C13H16N2.C7H8.H3N/c1-19-18-22(26-14-6-10-20-8-2-4-12-24(20)26)16-17-23(19)27-15-7-11-21-9-3-5-13-25(21)27;14-15-10-11-5-4-8-13(9-11)12-6-2-1-3-7-12;1-7-5-3-2-4-6-7;/h2-18H,1H3;2,4-9,15H,1,3,10,14H2;2-6H,1H3;1H3. The Bertz CT molecular complexity index is 2200. The average molecular weight is 654 g/mol. The number of nitrogens with one attached hydrogen (secondary N) is 1. The van der Waals surface area contributed by atoms with E-state index in [1.165, 1.54) is 71.6 Å². The summed E-state index contributed by atoms with van der Waals surface area (Å²) in [6.07, 6.45) is 9.01. The van der Waals surface area contributed by atoms with Gasteiger partial charge in [-0.05, 0) is 98.8 Å². The van der Waals surface area contributed by atoms with E-state index in [4.69, 9.17) is 5.84 Å². The van der Waals surface area contributed by atoms with Crippen molar-refractivity contribution in [3.8, 4) is 22.3 Å². The minimum atomic E-state index is 0. The maximum absolute atomic E-state index is 5.31. The van der Waals surface area contributed by atoms with Crippen molar-refractivity contribution >= 4 is 27.1 Å². The van der Waals surface area contributed by atoms with E-state index >= 15 is 0 Å². The number of nitrogens with two attached hydrogens (primary N) is 1. The Labute approximate surface area is 297 Å². The van der Waals surface area contributed by atoms with Crippen LogP contribution < -0.4 is 17.4 Å². The SMILES string of the molecule is Cc1cc(-c2cccc3ccccc23)ccc1-c1cccc2ccccc12.Cc1ccccc1.N.NNCc1cccc(C2=CCCC=C2)c1. The van der Waals surface area contributed by atoms with Crippen LogP contribution in [0, 0.1) is 13.8 Å². The quantitative estimate of drug-likeness (QED) is 0.128. The lowest BCUT2D eigenvalue weighted by Crippen LogP contribution is -2.20. The Kier molecular flexibility index (Phi) is 12.7. The Hall–Kier alpha value is -5.58. The van der Waals surface area contributed by atoms with Crippen molar-refractivity contribution in [3.05, 3.63) is 198 Å². The topological polar surface area (TPSA) is 73.0 Å². The lowest BCUT2D eigenvalue weighted by Gasteiger charge is -2.13. The third-order valence-corrected chi connectivity index (χ3v) is 8.91. The molecule has 0 radical (unpaired) electrons. The number of hydrogen-bond donors (Lipinski definition) is 3. The van der Waals surface area contributed by atoms with Crippen molar-refractivity contribution in [1.82, 2.24) is 11.6 Å². The molecule has 50 heavy (non-hydrogen) atoms. The van der Waals surface area contributed by atoms with Crippen LogP contribution in [0.25, 0.3) is 49.4 Å². The highest BCUT2D eigenvalue weighted by atomic mass is 15.2. The Morgan fingerprint density at radius 1 is 0.540 bits per heavy atom. The fourth-order valence-electron chi connectivity index (χ4n) is 6.41. The second kappa shape index (κ2) is 17.7. The van der Waals surface area contributed by atoms with E-state index in [-0.39, 0.29) is 6.15 Å². The van der Waals surface area contributed by atoms with E-state index in [2.05, 4.69) is 177 Å². The Morgan fingerprint density at radius 3 is 1.78 bits per heavy atom. The van der Waals surface area contributed by atoms with Crippen molar-refractivity contribution in [1.29, 1.82) is 0 Å². The molecular weight excluding hydrogens is 607 g/mol. The maximum Gasteiger partial charge on any atom is 0.0348 e. The first kappa shape index (κ1) is 35.7. The molecule has 7 aromatic rings. The fourth-order valence-corrected chi connectivity index (χ4v) is 6.41. The molecule has 0 saturated heterocycles. The van der Waals surface area contributed by atoms with Gasteiger partial charge in [-0.1, -0.05) is 175 Å². The van der Waals surface area contributed by atoms with Crippen molar-refractivity contribution in [2.75, 3.05) is 0 Å². The van der Waals surface area contributed by atoms with Crippen molar-refractivity contribution < 1.29 is 0 Å². The van der Waals surface area contributed by atoms with Crippen LogP contribution in [0.4, 0.5) is 0 Å². The minimum absolute atomic E-state index is 0.